The standard InChI is InChI=1S/C7H15NO2/c1-9-7(10-2)3-5-8-6-4-7/h8H,3-6H2,1-2H3. The highest BCUT2D eigenvalue weighted by atomic mass is 16.7. The van der Waals surface area contributed by atoms with Gasteiger partial charge < -0.3 is 14.8 Å². The molecule has 3 nitrogen and oxygen atoms in total. The summed E-state index contributed by atoms with van der Waals surface area (Å²) in [5.41, 5.74) is 0. The summed E-state index contributed by atoms with van der Waals surface area (Å²) in [4.78, 5) is 0. The molecule has 1 heterocycles. The lowest BCUT2D eigenvalue weighted by Crippen LogP contribution is -2.44. The average Bonchev–Trinajstić information content (AvgIpc) is 2.06. The SMILES string of the molecule is COC1(OC)CCNCC1. The summed E-state index contributed by atoms with van der Waals surface area (Å²) in [6.07, 6.45) is 1.89. The van der Waals surface area contributed by atoms with Crippen molar-refractivity contribution >= 4 is 0 Å². The van der Waals surface area contributed by atoms with Crippen molar-refractivity contribution in [2.75, 3.05) is 27.3 Å². The van der Waals surface area contributed by atoms with E-state index in [0.29, 0.717) is 0 Å². The van der Waals surface area contributed by atoms with Crippen LogP contribution >= 0.6 is 0 Å². The maximum atomic E-state index is 5.27. The first-order valence-electron chi connectivity index (χ1n) is 3.64. The Morgan fingerprint density at radius 2 is 1.60 bits per heavy atom. The van der Waals surface area contributed by atoms with Gasteiger partial charge in [-0.2, -0.15) is 0 Å². The van der Waals surface area contributed by atoms with Crippen LogP contribution in [0.3, 0.4) is 0 Å². The maximum Gasteiger partial charge on any atom is 0.169 e. The van der Waals surface area contributed by atoms with Crippen LogP contribution in [0, 0.1) is 0 Å². The fourth-order valence-corrected chi connectivity index (χ4v) is 1.30. The van der Waals surface area contributed by atoms with Crippen LogP contribution in [-0.4, -0.2) is 33.1 Å². The van der Waals surface area contributed by atoms with E-state index in [1.807, 2.05) is 0 Å². The predicted octanol–water partition coefficient (Wildman–Crippen LogP) is 0.359. The smallest absolute Gasteiger partial charge is 0.169 e. The monoisotopic (exact) mass is 145 g/mol. The highest BCUT2D eigenvalue weighted by molar-refractivity contribution is 4.76. The molecule has 0 aliphatic carbocycles. The summed E-state index contributed by atoms with van der Waals surface area (Å²) in [6.45, 7) is 1.98. The van der Waals surface area contributed by atoms with Gasteiger partial charge in [-0.25, -0.2) is 0 Å². The Balaban J connectivity index is 2.44. The van der Waals surface area contributed by atoms with E-state index >= 15 is 0 Å². The molecule has 1 fully saturated rings. The van der Waals surface area contributed by atoms with Crippen LogP contribution in [0.15, 0.2) is 0 Å². The molecule has 0 radical (unpaired) electrons. The Morgan fingerprint density at radius 1 is 1.10 bits per heavy atom. The van der Waals surface area contributed by atoms with Gasteiger partial charge in [0, 0.05) is 40.2 Å². The van der Waals surface area contributed by atoms with Gasteiger partial charge in [-0.3, -0.25) is 0 Å². The van der Waals surface area contributed by atoms with Crippen molar-refractivity contribution in [3.8, 4) is 0 Å². The molecule has 1 rings (SSSR count). The number of ether oxygens (including phenoxy) is 2. The summed E-state index contributed by atoms with van der Waals surface area (Å²) in [5, 5.41) is 3.25. The molecule has 0 bridgehead atoms. The van der Waals surface area contributed by atoms with Gasteiger partial charge in [0.25, 0.3) is 0 Å². The third-order valence-electron chi connectivity index (χ3n) is 2.11. The lowest BCUT2D eigenvalue weighted by atomic mass is 10.1. The van der Waals surface area contributed by atoms with Crippen molar-refractivity contribution in [2.45, 2.75) is 18.6 Å². The summed E-state index contributed by atoms with van der Waals surface area (Å²) in [6, 6.07) is 0. The van der Waals surface area contributed by atoms with E-state index in [9.17, 15) is 0 Å². The van der Waals surface area contributed by atoms with Crippen molar-refractivity contribution in [1.82, 2.24) is 5.32 Å². The number of methoxy groups -OCH3 is 2. The quantitative estimate of drug-likeness (QED) is 0.569. The van der Waals surface area contributed by atoms with E-state index in [-0.39, 0.29) is 5.79 Å². The zero-order valence-corrected chi connectivity index (χ0v) is 6.64. The molecule has 0 aromatic rings. The molecule has 1 saturated heterocycles. The minimum absolute atomic E-state index is 0.300. The second-order valence-electron chi connectivity index (χ2n) is 2.57. The van der Waals surface area contributed by atoms with Crippen LogP contribution in [-0.2, 0) is 9.47 Å². The van der Waals surface area contributed by atoms with Crippen LogP contribution in [0.1, 0.15) is 12.8 Å². The topological polar surface area (TPSA) is 30.5 Å². The largest absolute Gasteiger partial charge is 0.353 e. The summed E-state index contributed by atoms with van der Waals surface area (Å²) in [7, 11) is 3.41. The van der Waals surface area contributed by atoms with Crippen molar-refractivity contribution in [3.05, 3.63) is 0 Å². The first-order valence-corrected chi connectivity index (χ1v) is 3.64. The highest BCUT2D eigenvalue weighted by Gasteiger charge is 2.30. The molecule has 0 aromatic carbocycles. The number of hydrogen-bond donors (Lipinski definition) is 1. The predicted molar refractivity (Wildman–Crippen MR) is 38.9 cm³/mol. The Bertz CT molecular complexity index is 93.8. The second-order valence-corrected chi connectivity index (χ2v) is 2.57. The minimum atomic E-state index is -0.300. The fraction of sp³-hybridized carbons (Fsp3) is 1.00. The van der Waals surface area contributed by atoms with Gasteiger partial charge in [0.1, 0.15) is 0 Å². The normalized spacial score (nSPS) is 24.6. The van der Waals surface area contributed by atoms with Gasteiger partial charge >= 0.3 is 0 Å². The van der Waals surface area contributed by atoms with Crippen molar-refractivity contribution in [1.29, 1.82) is 0 Å². The molecule has 1 aliphatic heterocycles. The number of rotatable bonds is 2. The molecular formula is C7H15NO2. The van der Waals surface area contributed by atoms with Crippen LogP contribution in [0.5, 0.6) is 0 Å². The van der Waals surface area contributed by atoms with E-state index in [0.717, 1.165) is 25.9 Å². The van der Waals surface area contributed by atoms with Crippen molar-refractivity contribution in [2.24, 2.45) is 0 Å². The van der Waals surface area contributed by atoms with Gasteiger partial charge in [-0.1, -0.05) is 0 Å². The van der Waals surface area contributed by atoms with Gasteiger partial charge in [0.15, 0.2) is 5.79 Å². The third-order valence-corrected chi connectivity index (χ3v) is 2.11. The number of nitrogens with one attached hydrogen (secondary N) is 1. The molecule has 0 amide bonds. The van der Waals surface area contributed by atoms with Crippen molar-refractivity contribution < 1.29 is 9.47 Å². The molecule has 60 valence electrons. The summed E-state index contributed by atoms with van der Waals surface area (Å²) < 4.78 is 10.5. The molecular weight excluding hydrogens is 130 g/mol. The number of hydrogen-bond acceptors (Lipinski definition) is 3. The van der Waals surface area contributed by atoms with E-state index in [1.54, 1.807) is 14.2 Å². The van der Waals surface area contributed by atoms with Gasteiger partial charge in [0.05, 0.1) is 0 Å². The first-order chi connectivity index (χ1) is 4.83. The lowest BCUT2D eigenvalue weighted by Gasteiger charge is -2.34. The molecule has 1 aliphatic rings. The molecule has 0 spiro atoms. The molecule has 0 saturated carbocycles. The molecule has 1 N–H and O–H groups in total. The molecule has 3 heteroatoms. The molecule has 0 aromatic heterocycles. The van der Waals surface area contributed by atoms with Gasteiger partial charge in [-0.05, 0) is 0 Å². The van der Waals surface area contributed by atoms with E-state index in [1.165, 1.54) is 0 Å². The van der Waals surface area contributed by atoms with Gasteiger partial charge in [-0.15, -0.1) is 0 Å². The summed E-state index contributed by atoms with van der Waals surface area (Å²) >= 11 is 0. The zero-order valence-electron chi connectivity index (χ0n) is 6.64. The van der Waals surface area contributed by atoms with Crippen LogP contribution in [0.25, 0.3) is 0 Å². The molecule has 0 atom stereocenters. The average molecular weight is 145 g/mol. The summed E-state index contributed by atoms with van der Waals surface area (Å²) in [5.74, 6) is -0.300. The Hall–Kier alpha value is -0.120. The fourth-order valence-electron chi connectivity index (χ4n) is 1.30. The van der Waals surface area contributed by atoms with Gasteiger partial charge in [0.2, 0.25) is 0 Å². The van der Waals surface area contributed by atoms with Crippen molar-refractivity contribution in [3.63, 3.8) is 0 Å². The molecule has 0 unspecified atom stereocenters. The van der Waals surface area contributed by atoms with E-state index < -0.39 is 0 Å². The Morgan fingerprint density at radius 3 is 1.90 bits per heavy atom. The third kappa shape index (κ3) is 1.48. The lowest BCUT2D eigenvalue weighted by molar-refractivity contribution is -0.219. The van der Waals surface area contributed by atoms with E-state index in [4.69, 9.17) is 9.47 Å². The Kier molecular flexibility index (Phi) is 2.65. The first kappa shape index (κ1) is 7.98. The minimum Gasteiger partial charge on any atom is -0.353 e. The van der Waals surface area contributed by atoms with Crippen LogP contribution in [0.4, 0.5) is 0 Å². The number of piperidine rings is 1. The second kappa shape index (κ2) is 3.32. The van der Waals surface area contributed by atoms with Crippen LogP contribution < -0.4 is 5.32 Å². The molecule has 10 heavy (non-hydrogen) atoms. The maximum absolute atomic E-state index is 5.27. The van der Waals surface area contributed by atoms with Crippen LogP contribution in [0.2, 0.25) is 0 Å². The zero-order chi connectivity index (χ0) is 7.45. The Labute approximate surface area is 61.7 Å². The highest BCUT2D eigenvalue weighted by Crippen LogP contribution is 2.22. The van der Waals surface area contributed by atoms with E-state index in [2.05, 4.69) is 5.32 Å².